The lowest BCUT2D eigenvalue weighted by atomic mass is 10.0. The van der Waals surface area contributed by atoms with E-state index in [1.807, 2.05) is 48.5 Å². The van der Waals surface area contributed by atoms with Crippen molar-refractivity contribution in [3.05, 3.63) is 107 Å². The van der Waals surface area contributed by atoms with Crippen molar-refractivity contribution in [2.45, 2.75) is 6.10 Å². The van der Waals surface area contributed by atoms with Crippen LogP contribution in [0.15, 0.2) is 85.6 Å². The molecule has 28 heavy (non-hydrogen) atoms. The van der Waals surface area contributed by atoms with Crippen LogP contribution in [-0.2, 0) is 0 Å². The van der Waals surface area contributed by atoms with Gasteiger partial charge in [-0.05, 0) is 42.5 Å². The molecule has 0 aliphatic rings. The minimum atomic E-state index is -0.389. The summed E-state index contributed by atoms with van der Waals surface area (Å²) in [5.41, 5.74) is 3.26. The van der Waals surface area contributed by atoms with Gasteiger partial charge in [0.2, 0.25) is 0 Å². The molecule has 0 spiro atoms. The second-order valence-corrected chi connectivity index (χ2v) is 6.95. The topological polar surface area (TPSA) is 47.9 Å². The molecule has 0 unspecified atom stereocenters. The van der Waals surface area contributed by atoms with Crippen molar-refractivity contribution in [2.75, 3.05) is 0 Å². The average molecular weight is 408 g/mol. The lowest BCUT2D eigenvalue weighted by Crippen LogP contribution is -2.11. The molecule has 0 fully saturated rings. The van der Waals surface area contributed by atoms with E-state index in [9.17, 15) is 0 Å². The molecule has 4 rings (SSSR count). The zero-order valence-corrected chi connectivity index (χ0v) is 16.2. The van der Waals surface area contributed by atoms with Crippen molar-refractivity contribution < 1.29 is 4.74 Å². The first-order chi connectivity index (χ1) is 13.7. The van der Waals surface area contributed by atoms with Crippen LogP contribution in [0.3, 0.4) is 0 Å². The Kier molecular flexibility index (Phi) is 5.51. The van der Waals surface area contributed by atoms with Gasteiger partial charge in [-0.25, -0.2) is 0 Å². The van der Waals surface area contributed by atoms with Crippen LogP contribution in [0, 0.1) is 0 Å². The van der Waals surface area contributed by atoms with Gasteiger partial charge in [-0.15, -0.1) is 0 Å². The molecule has 0 radical (unpaired) electrons. The van der Waals surface area contributed by atoms with E-state index in [0.717, 1.165) is 16.7 Å². The van der Waals surface area contributed by atoms with Crippen LogP contribution in [0.2, 0.25) is 10.0 Å². The van der Waals surface area contributed by atoms with Gasteiger partial charge in [0.25, 0.3) is 0 Å². The Morgan fingerprint density at radius 2 is 1.36 bits per heavy atom. The second-order valence-electron chi connectivity index (χ2n) is 6.08. The molecule has 0 aliphatic carbocycles. The molecule has 0 saturated carbocycles. The van der Waals surface area contributed by atoms with Crippen LogP contribution in [0.5, 0.6) is 5.75 Å². The summed E-state index contributed by atoms with van der Waals surface area (Å²) in [6.07, 6.45) is 8.34. The molecule has 0 amide bonds. The zero-order chi connectivity index (χ0) is 19.3. The normalized spacial score (nSPS) is 10.8. The molecule has 0 saturated heterocycles. The number of pyridine rings is 3. The van der Waals surface area contributed by atoms with E-state index in [4.69, 9.17) is 27.9 Å². The summed E-state index contributed by atoms with van der Waals surface area (Å²) < 4.78 is 6.42. The average Bonchev–Trinajstić information content (AvgIpc) is 2.73. The largest absolute Gasteiger partial charge is 0.479 e. The molecule has 0 aliphatic heterocycles. The molecule has 1 aromatic carbocycles. The number of benzene rings is 1. The molecular formula is C22H15Cl2N3O. The van der Waals surface area contributed by atoms with Gasteiger partial charge in [0.15, 0.2) is 6.10 Å². The van der Waals surface area contributed by atoms with Gasteiger partial charge in [-0.1, -0.05) is 35.3 Å². The van der Waals surface area contributed by atoms with E-state index in [0.29, 0.717) is 21.5 Å². The van der Waals surface area contributed by atoms with Crippen molar-refractivity contribution in [1.29, 1.82) is 0 Å². The second kappa shape index (κ2) is 8.38. The highest BCUT2D eigenvalue weighted by Gasteiger charge is 2.19. The maximum Gasteiger partial charge on any atom is 0.152 e. The quantitative estimate of drug-likeness (QED) is 0.406. The summed E-state index contributed by atoms with van der Waals surface area (Å²) >= 11 is 12.4. The van der Waals surface area contributed by atoms with E-state index in [2.05, 4.69) is 15.0 Å². The van der Waals surface area contributed by atoms with E-state index in [-0.39, 0.29) is 6.10 Å². The molecule has 138 valence electrons. The number of ether oxygens (including phenoxy) is 1. The first-order valence-electron chi connectivity index (χ1n) is 8.59. The van der Waals surface area contributed by atoms with Gasteiger partial charge in [0.1, 0.15) is 11.4 Å². The molecular weight excluding hydrogens is 393 g/mol. The summed E-state index contributed by atoms with van der Waals surface area (Å²) in [6.45, 7) is 0. The van der Waals surface area contributed by atoms with Crippen molar-refractivity contribution >= 4 is 23.2 Å². The molecule has 3 heterocycles. The fourth-order valence-corrected chi connectivity index (χ4v) is 3.44. The van der Waals surface area contributed by atoms with Crippen LogP contribution < -0.4 is 4.74 Å². The minimum Gasteiger partial charge on any atom is -0.479 e. The van der Waals surface area contributed by atoms with Gasteiger partial charge in [-0.3, -0.25) is 15.0 Å². The fraction of sp³-hybridized carbons (Fsp3) is 0.0455. The van der Waals surface area contributed by atoms with Crippen molar-refractivity contribution in [2.24, 2.45) is 0 Å². The van der Waals surface area contributed by atoms with E-state index >= 15 is 0 Å². The van der Waals surface area contributed by atoms with Crippen LogP contribution >= 0.6 is 23.2 Å². The Hall–Kier alpha value is -2.95. The number of nitrogens with zero attached hydrogens (tertiary/aromatic N) is 3. The maximum absolute atomic E-state index is 6.42. The Morgan fingerprint density at radius 3 is 1.93 bits per heavy atom. The van der Waals surface area contributed by atoms with Gasteiger partial charge in [0.05, 0.1) is 0 Å². The standard InChI is InChI=1S/C22H15Cl2N3O/c23-18-10-17(11-19(24)12-18)21-20(6-3-9-27-21)28-22(15-4-1-7-25-13-15)16-5-2-8-26-14-16/h1-14,22H. The maximum atomic E-state index is 6.42. The van der Waals surface area contributed by atoms with Gasteiger partial charge in [0, 0.05) is 57.7 Å². The monoisotopic (exact) mass is 407 g/mol. The number of halogens is 2. The smallest absolute Gasteiger partial charge is 0.152 e. The molecule has 3 aromatic heterocycles. The summed E-state index contributed by atoms with van der Waals surface area (Å²) in [5, 5.41) is 1.07. The number of rotatable bonds is 5. The predicted molar refractivity (Wildman–Crippen MR) is 111 cm³/mol. The molecule has 4 nitrogen and oxygen atoms in total. The lowest BCUT2D eigenvalue weighted by molar-refractivity contribution is 0.246. The van der Waals surface area contributed by atoms with Crippen LogP contribution in [-0.4, -0.2) is 15.0 Å². The molecule has 0 bridgehead atoms. The van der Waals surface area contributed by atoms with Crippen LogP contribution in [0.1, 0.15) is 17.2 Å². The summed E-state index contributed by atoms with van der Waals surface area (Å²) in [7, 11) is 0. The molecule has 0 N–H and O–H groups in total. The van der Waals surface area contributed by atoms with E-state index in [1.165, 1.54) is 0 Å². The highest BCUT2D eigenvalue weighted by atomic mass is 35.5. The van der Waals surface area contributed by atoms with Gasteiger partial charge in [-0.2, -0.15) is 0 Å². The Labute approximate surface area is 172 Å². The summed E-state index contributed by atoms with van der Waals surface area (Å²) in [6, 6.07) is 16.7. The SMILES string of the molecule is Clc1cc(Cl)cc(-c2ncccc2OC(c2cccnc2)c2cccnc2)c1. The first kappa shape index (κ1) is 18.4. The third-order valence-electron chi connectivity index (χ3n) is 4.13. The number of aromatic nitrogens is 3. The first-order valence-corrected chi connectivity index (χ1v) is 9.34. The fourth-order valence-electron chi connectivity index (χ4n) is 2.91. The van der Waals surface area contributed by atoms with Gasteiger partial charge >= 0.3 is 0 Å². The zero-order valence-electron chi connectivity index (χ0n) is 14.7. The van der Waals surface area contributed by atoms with E-state index in [1.54, 1.807) is 37.1 Å². The third kappa shape index (κ3) is 4.14. The van der Waals surface area contributed by atoms with Crippen molar-refractivity contribution in [3.8, 4) is 17.0 Å². The molecule has 4 aromatic rings. The van der Waals surface area contributed by atoms with Gasteiger partial charge < -0.3 is 4.74 Å². The summed E-state index contributed by atoms with van der Waals surface area (Å²) in [5.74, 6) is 0.610. The predicted octanol–water partition coefficient (Wildman–Crippen LogP) is 6.01. The Bertz CT molecular complexity index is 1020. The van der Waals surface area contributed by atoms with Crippen molar-refractivity contribution in [1.82, 2.24) is 15.0 Å². The van der Waals surface area contributed by atoms with E-state index < -0.39 is 0 Å². The Balaban J connectivity index is 1.78. The minimum absolute atomic E-state index is 0.389. The summed E-state index contributed by atoms with van der Waals surface area (Å²) in [4.78, 5) is 12.9. The van der Waals surface area contributed by atoms with Crippen LogP contribution in [0.4, 0.5) is 0 Å². The highest BCUT2D eigenvalue weighted by molar-refractivity contribution is 6.35. The number of hydrogen-bond acceptors (Lipinski definition) is 4. The molecule has 0 atom stereocenters. The highest BCUT2D eigenvalue weighted by Crippen LogP contribution is 2.35. The van der Waals surface area contributed by atoms with Crippen LogP contribution in [0.25, 0.3) is 11.3 Å². The lowest BCUT2D eigenvalue weighted by Gasteiger charge is -2.21. The molecule has 6 heteroatoms. The Morgan fingerprint density at radius 1 is 0.750 bits per heavy atom. The third-order valence-corrected chi connectivity index (χ3v) is 4.56. The van der Waals surface area contributed by atoms with Crippen molar-refractivity contribution in [3.63, 3.8) is 0 Å². The number of hydrogen-bond donors (Lipinski definition) is 0.